The van der Waals surface area contributed by atoms with Gasteiger partial charge in [0.25, 0.3) is 5.91 Å². The van der Waals surface area contributed by atoms with Crippen molar-refractivity contribution in [2.24, 2.45) is 5.41 Å². The van der Waals surface area contributed by atoms with Crippen LogP contribution in [-0.4, -0.2) is 62.4 Å². The molecule has 7 rings (SSSR count). The Morgan fingerprint density at radius 3 is 2.70 bits per heavy atom. The third-order valence-electron chi connectivity index (χ3n) is 9.16. The van der Waals surface area contributed by atoms with Gasteiger partial charge in [-0.1, -0.05) is 25.5 Å². The Bertz CT molecular complexity index is 1670. The SMILES string of the molecule is [2H]c1nn(C2CCN(C(=O)C3(C)CCC3)CC2)c([2H])c1Cc1cnc2c3c(cccc13)C(=O)N2C1CCC(=O)NC1=O. The molecule has 10 heteroatoms. The average molecular weight is 543 g/mol. The molecule has 3 fully saturated rings. The number of imide groups is 1. The molecule has 0 spiro atoms. The van der Waals surface area contributed by atoms with Crippen molar-refractivity contribution in [2.75, 3.05) is 18.0 Å². The largest absolute Gasteiger partial charge is 0.342 e. The van der Waals surface area contributed by atoms with E-state index in [0.717, 1.165) is 30.2 Å². The molecule has 3 aliphatic heterocycles. The molecule has 1 aliphatic carbocycles. The number of amides is 4. The summed E-state index contributed by atoms with van der Waals surface area (Å²) in [5.41, 5.74) is 1.44. The minimum absolute atomic E-state index is 0.0324. The second kappa shape index (κ2) is 9.25. The molecular formula is C30H32N6O4. The van der Waals surface area contributed by atoms with Crippen LogP contribution in [0.15, 0.2) is 36.7 Å². The van der Waals surface area contributed by atoms with E-state index in [9.17, 15) is 19.2 Å². The molecular weight excluding hydrogens is 508 g/mol. The van der Waals surface area contributed by atoms with E-state index in [0.29, 0.717) is 48.3 Å². The number of anilines is 1. The smallest absolute Gasteiger partial charge is 0.260 e. The lowest BCUT2D eigenvalue weighted by atomic mass is 9.69. The molecule has 1 unspecified atom stereocenters. The van der Waals surface area contributed by atoms with Gasteiger partial charge in [-0.05, 0) is 54.7 Å². The van der Waals surface area contributed by atoms with Crippen LogP contribution in [0.2, 0.25) is 0 Å². The first-order chi connectivity index (χ1) is 20.2. The fourth-order valence-corrected chi connectivity index (χ4v) is 6.64. The maximum absolute atomic E-state index is 13.4. The van der Waals surface area contributed by atoms with E-state index in [4.69, 9.17) is 2.74 Å². The van der Waals surface area contributed by atoms with Crippen molar-refractivity contribution < 1.29 is 21.9 Å². The lowest BCUT2D eigenvalue weighted by Crippen LogP contribution is -2.53. The highest BCUT2D eigenvalue weighted by molar-refractivity contribution is 6.26. The molecule has 206 valence electrons. The molecule has 5 heterocycles. The number of carbonyl (C=O) groups is 4. The number of carbonyl (C=O) groups excluding carboxylic acids is 4. The number of hydrogen-bond acceptors (Lipinski definition) is 6. The van der Waals surface area contributed by atoms with Crippen molar-refractivity contribution in [3.63, 3.8) is 0 Å². The highest BCUT2D eigenvalue weighted by Crippen LogP contribution is 2.43. The maximum Gasteiger partial charge on any atom is 0.260 e. The Balaban J connectivity index is 1.14. The van der Waals surface area contributed by atoms with Crippen LogP contribution in [0.3, 0.4) is 0 Å². The fourth-order valence-electron chi connectivity index (χ4n) is 6.64. The summed E-state index contributed by atoms with van der Waals surface area (Å²) in [6.45, 7) is 3.30. The van der Waals surface area contributed by atoms with Crippen LogP contribution in [0.5, 0.6) is 0 Å². The minimum atomic E-state index is -0.819. The van der Waals surface area contributed by atoms with Crippen LogP contribution < -0.4 is 10.2 Å². The third-order valence-corrected chi connectivity index (χ3v) is 9.16. The number of likely N-dealkylation sites (tertiary alicyclic amines) is 1. The van der Waals surface area contributed by atoms with Crippen molar-refractivity contribution in [1.82, 2.24) is 25.0 Å². The summed E-state index contributed by atoms with van der Waals surface area (Å²) in [5, 5.41) is 8.16. The van der Waals surface area contributed by atoms with Gasteiger partial charge in [-0.3, -0.25) is 34.1 Å². The highest BCUT2D eigenvalue weighted by atomic mass is 16.2. The van der Waals surface area contributed by atoms with Gasteiger partial charge >= 0.3 is 0 Å². The molecule has 1 N–H and O–H groups in total. The van der Waals surface area contributed by atoms with E-state index < -0.39 is 11.9 Å². The number of nitrogens with one attached hydrogen (secondary N) is 1. The molecule has 4 aliphatic rings. The van der Waals surface area contributed by atoms with E-state index in [1.807, 2.05) is 11.0 Å². The monoisotopic (exact) mass is 542 g/mol. The number of aromatic nitrogens is 3. The van der Waals surface area contributed by atoms with Gasteiger partial charge in [0, 0.05) is 49.1 Å². The molecule has 4 amide bonds. The van der Waals surface area contributed by atoms with Crippen LogP contribution in [-0.2, 0) is 20.8 Å². The normalized spacial score (nSPS) is 23.2. The Hall–Kier alpha value is -4.08. The molecule has 2 aromatic heterocycles. The molecule has 0 radical (unpaired) electrons. The van der Waals surface area contributed by atoms with E-state index in [1.54, 1.807) is 23.0 Å². The molecule has 40 heavy (non-hydrogen) atoms. The number of benzene rings is 1. The Labute approximate surface area is 234 Å². The zero-order chi connectivity index (χ0) is 29.3. The molecule has 10 nitrogen and oxygen atoms in total. The van der Waals surface area contributed by atoms with Gasteiger partial charge in [-0.25, -0.2) is 4.98 Å². The highest BCUT2D eigenvalue weighted by Gasteiger charge is 2.43. The topological polar surface area (TPSA) is 118 Å². The van der Waals surface area contributed by atoms with Crippen LogP contribution in [0, 0.1) is 5.41 Å². The van der Waals surface area contributed by atoms with Gasteiger partial charge in [0.05, 0.1) is 20.5 Å². The van der Waals surface area contributed by atoms with Gasteiger partial charge in [0.15, 0.2) is 0 Å². The number of hydrogen-bond donors (Lipinski definition) is 1. The lowest BCUT2D eigenvalue weighted by Gasteiger charge is -2.43. The number of nitrogens with zero attached hydrogens (tertiary/aromatic N) is 5. The van der Waals surface area contributed by atoms with Gasteiger partial charge in [0.1, 0.15) is 11.9 Å². The van der Waals surface area contributed by atoms with Crippen molar-refractivity contribution in [1.29, 1.82) is 0 Å². The summed E-state index contributed by atoms with van der Waals surface area (Å²) in [6, 6.07) is 4.49. The van der Waals surface area contributed by atoms with Crippen LogP contribution in [0.1, 0.15) is 82.1 Å². The molecule has 1 atom stereocenters. The van der Waals surface area contributed by atoms with Crippen molar-refractivity contribution in [2.45, 2.75) is 70.4 Å². The predicted octanol–water partition coefficient (Wildman–Crippen LogP) is 3.14. The molecule has 2 saturated heterocycles. The van der Waals surface area contributed by atoms with Gasteiger partial charge in [0.2, 0.25) is 17.7 Å². The van der Waals surface area contributed by atoms with Gasteiger partial charge in [-0.15, -0.1) is 0 Å². The van der Waals surface area contributed by atoms with E-state index in [-0.39, 0.29) is 60.8 Å². The summed E-state index contributed by atoms with van der Waals surface area (Å²) in [6.07, 6.45) is 6.85. The third kappa shape index (κ3) is 3.91. The molecule has 1 saturated carbocycles. The second-order valence-electron chi connectivity index (χ2n) is 11.7. The summed E-state index contributed by atoms with van der Waals surface area (Å²) in [5.74, 6) is -0.581. The zero-order valence-corrected chi connectivity index (χ0v) is 22.4. The van der Waals surface area contributed by atoms with Crippen LogP contribution >= 0.6 is 0 Å². The quantitative estimate of drug-likeness (QED) is 0.495. The predicted molar refractivity (Wildman–Crippen MR) is 147 cm³/mol. The van der Waals surface area contributed by atoms with Crippen LogP contribution in [0.25, 0.3) is 10.8 Å². The fraction of sp³-hybridized carbons (Fsp3) is 0.467. The lowest BCUT2D eigenvalue weighted by molar-refractivity contribution is -0.147. The molecule has 0 bridgehead atoms. The van der Waals surface area contributed by atoms with Gasteiger partial charge < -0.3 is 4.90 Å². The van der Waals surface area contributed by atoms with Crippen molar-refractivity contribution in [3.05, 3.63) is 53.4 Å². The van der Waals surface area contributed by atoms with E-state index >= 15 is 0 Å². The van der Waals surface area contributed by atoms with Crippen molar-refractivity contribution in [3.8, 4) is 0 Å². The summed E-state index contributed by atoms with van der Waals surface area (Å²) in [4.78, 5) is 58.6. The molecule has 1 aromatic carbocycles. The van der Waals surface area contributed by atoms with E-state index in [1.165, 1.54) is 4.90 Å². The van der Waals surface area contributed by atoms with Gasteiger partial charge in [-0.2, -0.15) is 5.10 Å². The average Bonchev–Trinajstić information content (AvgIpc) is 3.41. The Kier molecular flexibility index (Phi) is 5.25. The number of piperidine rings is 2. The number of pyridine rings is 1. The Morgan fingerprint density at radius 1 is 1.18 bits per heavy atom. The number of rotatable bonds is 5. The van der Waals surface area contributed by atoms with E-state index in [2.05, 4.69) is 22.3 Å². The first-order valence-electron chi connectivity index (χ1n) is 15.1. The van der Waals surface area contributed by atoms with Crippen molar-refractivity contribution >= 4 is 40.2 Å². The maximum atomic E-state index is 13.4. The summed E-state index contributed by atoms with van der Waals surface area (Å²) < 4.78 is 19.1. The standard InChI is InChI=1S/C30H32N6O4/c1-30(10-3-11-30)29(40)34-12-8-20(9-13-34)35-17-18(15-32-35)14-19-16-31-26-25-21(19)4-2-5-22(25)28(39)36(26)23-6-7-24(37)33-27(23)38/h2,4-5,15-17,20,23H,3,6-14H2,1H3,(H,33,37,38)/i15D,17D. The summed E-state index contributed by atoms with van der Waals surface area (Å²) >= 11 is 0. The first kappa shape index (κ1) is 22.7. The first-order valence-corrected chi connectivity index (χ1v) is 14.1. The molecule has 3 aromatic rings. The minimum Gasteiger partial charge on any atom is -0.342 e. The second-order valence-corrected chi connectivity index (χ2v) is 11.7. The Morgan fingerprint density at radius 2 is 1.98 bits per heavy atom. The zero-order valence-electron chi connectivity index (χ0n) is 24.4. The van der Waals surface area contributed by atoms with Crippen LogP contribution in [0.4, 0.5) is 5.82 Å². The summed E-state index contributed by atoms with van der Waals surface area (Å²) in [7, 11) is 0.